The van der Waals surface area contributed by atoms with Gasteiger partial charge in [0.05, 0.1) is 24.1 Å². The molecule has 0 N–H and O–H groups in total. The molecule has 1 aromatic heterocycles. The fourth-order valence-corrected chi connectivity index (χ4v) is 2.63. The minimum Gasteiger partial charge on any atom is -0.497 e. The predicted molar refractivity (Wildman–Crippen MR) is 85.8 cm³/mol. The van der Waals surface area contributed by atoms with Crippen molar-refractivity contribution in [3.05, 3.63) is 65.5 Å². The van der Waals surface area contributed by atoms with Crippen LogP contribution in [0.5, 0.6) is 5.75 Å². The lowest BCUT2D eigenvalue weighted by molar-refractivity contribution is 0.0725. The van der Waals surface area contributed by atoms with Crippen molar-refractivity contribution < 1.29 is 9.53 Å². The van der Waals surface area contributed by atoms with Crippen molar-refractivity contribution >= 4 is 12.0 Å². The maximum atomic E-state index is 12.6. The lowest BCUT2D eigenvalue weighted by atomic mass is 10.0. The highest BCUT2D eigenvalue weighted by Crippen LogP contribution is 2.21. The van der Waals surface area contributed by atoms with Gasteiger partial charge in [-0.25, -0.2) is 0 Å². The minimum atomic E-state index is 0.0418. The number of methoxy groups -OCH3 is 1. The SMILES string of the molecule is C=Cc1ccc2c(n1)CCN(Cc1ccc(OC)cc1)C2=O. The van der Waals surface area contributed by atoms with Gasteiger partial charge in [-0.2, -0.15) is 0 Å². The first-order valence-electron chi connectivity index (χ1n) is 7.26. The van der Waals surface area contributed by atoms with E-state index in [2.05, 4.69) is 11.6 Å². The average molecular weight is 294 g/mol. The fourth-order valence-electron chi connectivity index (χ4n) is 2.63. The number of pyridine rings is 1. The molecule has 0 radical (unpaired) electrons. The molecule has 4 heteroatoms. The van der Waals surface area contributed by atoms with Crippen LogP contribution in [-0.2, 0) is 13.0 Å². The Labute approximate surface area is 130 Å². The minimum absolute atomic E-state index is 0.0418. The van der Waals surface area contributed by atoms with Gasteiger partial charge in [0.15, 0.2) is 0 Å². The predicted octanol–water partition coefficient (Wildman–Crippen LogP) is 2.93. The normalized spacial score (nSPS) is 13.7. The molecule has 3 rings (SSSR count). The summed E-state index contributed by atoms with van der Waals surface area (Å²) in [5.74, 6) is 0.861. The lowest BCUT2D eigenvalue weighted by Gasteiger charge is -2.28. The number of ether oxygens (including phenoxy) is 1. The number of benzene rings is 1. The highest BCUT2D eigenvalue weighted by Gasteiger charge is 2.25. The first-order chi connectivity index (χ1) is 10.7. The van der Waals surface area contributed by atoms with Gasteiger partial charge in [-0.1, -0.05) is 18.7 Å². The van der Waals surface area contributed by atoms with E-state index in [-0.39, 0.29) is 5.91 Å². The third kappa shape index (κ3) is 2.72. The molecule has 0 aliphatic carbocycles. The van der Waals surface area contributed by atoms with Gasteiger partial charge in [-0.3, -0.25) is 9.78 Å². The van der Waals surface area contributed by atoms with Gasteiger partial charge in [-0.05, 0) is 35.9 Å². The van der Waals surface area contributed by atoms with Gasteiger partial charge in [0, 0.05) is 19.5 Å². The maximum absolute atomic E-state index is 12.6. The van der Waals surface area contributed by atoms with Crippen LogP contribution in [-0.4, -0.2) is 29.4 Å². The van der Waals surface area contributed by atoms with Crippen LogP contribution < -0.4 is 4.74 Å². The molecule has 1 aliphatic rings. The van der Waals surface area contributed by atoms with E-state index < -0.39 is 0 Å². The van der Waals surface area contributed by atoms with Crippen molar-refractivity contribution in [1.29, 1.82) is 0 Å². The Kier molecular flexibility index (Phi) is 3.92. The Morgan fingerprint density at radius 1 is 1.27 bits per heavy atom. The summed E-state index contributed by atoms with van der Waals surface area (Å²) in [6, 6.07) is 11.5. The second-order valence-corrected chi connectivity index (χ2v) is 5.26. The van der Waals surface area contributed by atoms with Gasteiger partial charge >= 0.3 is 0 Å². The smallest absolute Gasteiger partial charge is 0.256 e. The van der Waals surface area contributed by atoms with Gasteiger partial charge in [0.1, 0.15) is 5.75 Å². The average Bonchev–Trinajstić information content (AvgIpc) is 2.57. The van der Waals surface area contributed by atoms with Gasteiger partial charge in [0.2, 0.25) is 0 Å². The molecule has 1 aromatic carbocycles. The summed E-state index contributed by atoms with van der Waals surface area (Å²) in [5, 5.41) is 0. The molecule has 0 bridgehead atoms. The van der Waals surface area contributed by atoms with Crippen LogP contribution >= 0.6 is 0 Å². The summed E-state index contributed by atoms with van der Waals surface area (Å²) in [7, 11) is 1.64. The van der Waals surface area contributed by atoms with Crippen molar-refractivity contribution in [2.24, 2.45) is 0 Å². The first-order valence-corrected chi connectivity index (χ1v) is 7.26. The van der Waals surface area contributed by atoms with E-state index in [9.17, 15) is 4.79 Å². The zero-order valence-corrected chi connectivity index (χ0v) is 12.6. The number of rotatable bonds is 4. The van der Waals surface area contributed by atoms with Crippen LogP contribution in [0.25, 0.3) is 6.08 Å². The third-order valence-corrected chi connectivity index (χ3v) is 3.87. The Hall–Kier alpha value is -2.62. The molecule has 0 saturated carbocycles. The van der Waals surface area contributed by atoms with Crippen LogP contribution in [0.1, 0.15) is 27.3 Å². The number of carbonyl (C=O) groups is 1. The Balaban J connectivity index is 1.78. The van der Waals surface area contributed by atoms with E-state index in [1.807, 2.05) is 41.3 Å². The van der Waals surface area contributed by atoms with E-state index >= 15 is 0 Å². The number of nitrogens with zero attached hydrogens (tertiary/aromatic N) is 2. The van der Waals surface area contributed by atoms with Gasteiger partial charge in [0.25, 0.3) is 5.91 Å². The number of hydrogen-bond donors (Lipinski definition) is 0. The van der Waals surface area contributed by atoms with Crippen molar-refractivity contribution in [3.63, 3.8) is 0 Å². The van der Waals surface area contributed by atoms with Crippen LogP contribution in [0.15, 0.2) is 43.0 Å². The Bertz CT molecular complexity index is 708. The molecule has 1 amide bonds. The standard InChI is InChI=1S/C18H18N2O2/c1-3-14-6-9-16-17(19-14)10-11-20(18(16)21)12-13-4-7-15(22-2)8-5-13/h3-9H,1,10-12H2,2H3. The lowest BCUT2D eigenvalue weighted by Crippen LogP contribution is -2.37. The Morgan fingerprint density at radius 3 is 2.73 bits per heavy atom. The molecular formula is C18H18N2O2. The number of fused-ring (bicyclic) bond motifs is 1. The van der Waals surface area contributed by atoms with Crippen LogP contribution in [0.2, 0.25) is 0 Å². The number of carbonyl (C=O) groups excluding carboxylic acids is 1. The van der Waals surface area contributed by atoms with E-state index in [1.165, 1.54) is 0 Å². The maximum Gasteiger partial charge on any atom is 0.256 e. The molecule has 0 saturated heterocycles. The quantitative estimate of drug-likeness (QED) is 0.870. The largest absolute Gasteiger partial charge is 0.497 e. The van der Waals surface area contributed by atoms with Crippen LogP contribution in [0, 0.1) is 0 Å². The van der Waals surface area contributed by atoms with Crippen molar-refractivity contribution in [2.75, 3.05) is 13.7 Å². The highest BCUT2D eigenvalue weighted by molar-refractivity contribution is 5.96. The number of aromatic nitrogens is 1. The first kappa shape index (κ1) is 14.3. The fraction of sp³-hybridized carbons (Fsp3) is 0.222. The molecule has 2 heterocycles. The molecule has 0 fully saturated rings. The second-order valence-electron chi connectivity index (χ2n) is 5.26. The summed E-state index contributed by atoms with van der Waals surface area (Å²) in [4.78, 5) is 18.9. The van der Waals surface area contributed by atoms with E-state index in [1.54, 1.807) is 13.2 Å². The Morgan fingerprint density at radius 2 is 2.05 bits per heavy atom. The second kappa shape index (κ2) is 6.02. The van der Waals surface area contributed by atoms with E-state index in [4.69, 9.17) is 4.74 Å². The zero-order valence-electron chi connectivity index (χ0n) is 12.6. The van der Waals surface area contributed by atoms with Gasteiger partial charge in [-0.15, -0.1) is 0 Å². The summed E-state index contributed by atoms with van der Waals surface area (Å²) in [6.45, 7) is 5.00. The van der Waals surface area contributed by atoms with E-state index in [0.717, 1.165) is 29.1 Å². The van der Waals surface area contributed by atoms with Crippen molar-refractivity contribution in [3.8, 4) is 5.75 Å². The molecule has 22 heavy (non-hydrogen) atoms. The summed E-state index contributed by atoms with van der Waals surface area (Å²) >= 11 is 0. The number of hydrogen-bond acceptors (Lipinski definition) is 3. The molecule has 0 atom stereocenters. The molecular weight excluding hydrogens is 276 g/mol. The molecule has 112 valence electrons. The number of amides is 1. The molecule has 1 aliphatic heterocycles. The summed E-state index contributed by atoms with van der Waals surface area (Å²) in [5.41, 5.74) is 3.47. The topological polar surface area (TPSA) is 42.4 Å². The van der Waals surface area contributed by atoms with E-state index in [0.29, 0.717) is 18.7 Å². The van der Waals surface area contributed by atoms with Crippen LogP contribution in [0.3, 0.4) is 0 Å². The summed E-state index contributed by atoms with van der Waals surface area (Å²) < 4.78 is 5.15. The highest BCUT2D eigenvalue weighted by atomic mass is 16.5. The molecule has 2 aromatic rings. The zero-order chi connectivity index (χ0) is 15.5. The monoisotopic (exact) mass is 294 g/mol. The third-order valence-electron chi connectivity index (χ3n) is 3.87. The summed E-state index contributed by atoms with van der Waals surface area (Å²) in [6.07, 6.45) is 2.48. The van der Waals surface area contributed by atoms with Crippen LogP contribution in [0.4, 0.5) is 0 Å². The molecule has 4 nitrogen and oxygen atoms in total. The molecule has 0 spiro atoms. The molecule has 0 unspecified atom stereocenters. The van der Waals surface area contributed by atoms with Crippen molar-refractivity contribution in [2.45, 2.75) is 13.0 Å². The van der Waals surface area contributed by atoms with Gasteiger partial charge < -0.3 is 9.64 Å². The van der Waals surface area contributed by atoms with Crippen molar-refractivity contribution in [1.82, 2.24) is 9.88 Å².